The molecule has 0 saturated heterocycles. The summed E-state index contributed by atoms with van der Waals surface area (Å²) in [6.07, 6.45) is 4.13. The Hall–Kier alpha value is -3.54. The predicted molar refractivity (Wildman–Crippen MR) is 106 cm³/mol. The zero-order chi connectivity index (χ0) is 18.5. The van der Waals surface area contributed by atoms with E-state index in [1.807, 2.05) is 48.5 Å². The summed E-state index contributed by atoms with van der Waals surface area (Å²) in [5.74, 6) is 2.08. The average molecular weight is 357 g/mol. The highest BCUT2D eigenvalue weighted by Gasteiger charge is 2.06. The molecule has 0 spiro atoms. The van der Waals surface area contributed by atoms with Gasteiger partial charge < -0.3 is 10.1 Å². The second-order valence-corrected chi connectivity index (χ2v) is 6.03. The van der Waals surface area contributed by atoms with Crippen LogP contribution in [-0.4, -0.2) is 33.6 Å². The van der Waals surface area contributed by atoms with Gasteiger partial charge in [-0.3, -0.25) is 4.98 Å². The van der Waals surface area contributed by atoms with E-state index in [4.69, 9.17) is 4.74 Å². The van der Waals surface area contributed by atoms with Crippen LogP contribution in [0.15, 0.2) is 67.1 Å². The molecule has 0 radical (unpaired) electrons. The predicted octanol–water partition coefficient (Wildman–Crippen LogP) is 3.75. The minimum Gasteiger partial charge on any atom is -0.496 e. The Labute approximate surface area is 157 Å². The Morgan fingerprint density at radius 3 is 2.81 bits per heavy atom. The van der Waals surface area contributed by atoms with Crippen molar-refractivity contribution < 1.29 is 4.74 Å². The van der Waals surface area contributed by atoms with Crippen molar-refractivity contribution in [1.82, 2.24) is 19.9 Å². The Balaban J connectivity index is 1.48. The van der Waals surface area contributed by atoms with Crippen LogP contribution in [0.25, 0.3) is 22.3 Å². The Morgan fingerprint density at radius 2 is 1.89 bits per heavy atom. The summed E-state index contributed by atoms with van der Waals surface area (Å²) >= 11 is 0. The molecule has 0 saturated carbocycles. The first kappa shape index (κ1) is 16.9. The molecule has 6 nitrogen and oxygen atoms in total. The van der Waals surface area contributed by atoms with Gasteiger partial charge in [0.05, 0.1) is 12.6 Å². The monoisotopic (exact) mass is 357 g/mol. The van der Waals surface area contributed by atoms with E-state index in [-0.39, 0.29) is 0 Å². The van der Waals surface area contributed by atoms with Crippen molar-refractivity contribution in [3.63, 3.8) is 0 Å². The average Bonchev–Trinajstić information content (AvgIpc) is 2.74. The number of fused-ring (bicyclic) bond motifs is 1. The number of methoxy groups -OCH3 is 1. The molecule has 0 amide bonds. The lowest BCUT2D eigenvalue weighted by Gasteiger charge is -2.09. The summed E-state index contributed by atoms with van der Waals surface area (Å²) in [6.45, 7) is 0.700. The molecule has 0 aliphatic carbocycles. The largest absolute Gasteiger partial charge is 0.496 e. The first-order valence-corrected chi connectivity index (χ1v) is 8.73. The molecule has 134 valence electrons. The molecular weight excluding hydrogens is 338 g/mol. The van der Waals surface area contributed by atoms with Crippen LogP contribution in [0.1, 0.15) is 5.56 Å². The number of ether oxygens (including phenoxy) is 1. The van der Waals surface area contributed by atoms with Gasteiger partial charge in [0.2, 0.25) is 5.95 Å². The number of aromatic nitrogens is 4. The van der Waals surface area contributed by atoms with Crippen LogP contribution in [0.2, 0.25) is 0 Å². The summed E-state index contributed by atoms with van der Waals surface area (Å²) in [4.78, 5) is 17.4. The molecule has 4 aromatic rings. The highest BCUT2D eigenvalue weighted by molar-refractivity contribution is 5.83. The van der Waals surface area contributed by atoms with E-state index in [9.17, 15) is 0 Å². The second-order valence-electron chi connectivity index (χ2n) is 6.03. The van der Waals surface area contributed by atoms with Crippen molar-refractivity contribution in [3.05, 3.63) is 72.7 Å². The van der Waals surface area contributed by atoms with Crippen molar-refractivity contribution in [3.8, 4) is 17.1 Å². The van der Waals surface area contributed by atoms with E-state index in [2.05, 4.69) is 31.3 Å². The maximum Gasteiger partial charge on any atom is 0.226 e. The van der Waals surface area contributed by atoms with Gasteiger partial charge in [-0.25, -0.2) is 9.97 Å². The minimum absolute atomic E-state index is 0.557. The van der Waals surface area contributed by atoms with Crippen LogP contribution in [0.5, 0.6) is 5.75 Å². The maximum atomic E-state index is 5.39. The summed E-state index contributed by atoms with van der Waals surface area (Å²) in [5.41, 5.74) is 3.03. The lowest BCUT2D eigenvalue weighted by Crippen LogP contribution is -2.09. The second kappa shape index (κ2) is 7.78. The molecule has 0 bridgehead atoms. The fourth-order valence-corrected chi connectivity index (χ4v) is 2.95. The summed E-state index contributed by atoms with van der Waals surface area (Å²) < 4.78 is 5.39. The molecule has 0 aliphatic heterocycles. The van der Waals surface area contributed by atoms with Gasteiger partial charge >= 0.3 is 0 Å². The van der Waals surface area contributed by atoms with E-state index < -0.39 is 0 Å². The lowest BCUT2D eigenvalue weighted by molar-refractivity contribution is 0.410. The third-order valence-electron chi connectivity index (χ3n) is 4.30. The number of hydrogen-bond donors (Lipinski definition) is 1. The number of nitrogens with zero attached hydrogens (tertiary/aromatic N) is 4. The topological polar surface area (TPSA) is 72.8 Å². The van der Waals surface area contributed by atoms with Crippen molar-refractivity contribution in [2.24, 2.45) is 0 Å². The Kier molecular flexibility index (Phi) is 4.87. The summed E-state index contributed by atoms with van der Waals surface area (Å²) in [7, 11) is 1.68. The van der Waals surface area contributed by atoms with E-state index in [1.165, 1.54) is 6.33 Å². The first-order chi connectivity index (χ1) is 13.3. The number of benzene rings is 2. The molecule has 6 heteroatoms. The smallest absolute Gasteiger partial charge is 0.226 e. The van der Waals surface area contributed by atoms with Gasteiger partial charge in [-0.05, 0) is 42.3 Å². The summed E-state index contributed by atoms with van der Waals surface area (Å²) in [6, 6.07) is 17.9. The number of rotatable bonds is 6. The third kappa shape index (κ3) is 3.84. The number of anilines is 1. The molecule has 0 fully saturated rings. The highest BCUT2D eigenvalue weighted by Crippen LogP contribution is 2.21. The summed E-state index contributed by atoms with van der Waals surface area (Å²) in [5, 5.41) is 4.32. The minimum atomic E-state index is 0.557. The van der Waals surface area contributed by atoms with Crippen LogP contribution in [0.3, 0.4) is 0 Å². The molecule has 2 aromatic carbocycles. The third-order valence-corrected chi connectivity index (χ3v) is 4.30. The Morgan fingerprint density at radius 1 is 0.963 bits per heavy atom. The number of nitrogens with one attached hydrogen (secondary N) is 1. The highest BCUT2D eigenvalue weighted by atomic mass is 16.5. The number of hydrogen-bond acceptors (Lipinski definition) is 6. The standard InChI is InChI=1S/C21H19N5O/c1-27-19-7-3-2-5-15(19)10-12-23-21-25-14-24-20(26-21)17-8-9-18-16(13-17)6-4-11-22-18/h2-9,11,13-14H,10,12H2,1H3,(H,23,24,25,26). The van der Waals surface area contributed by atoms with E-state index in [0.29, 0.717) is 18.3 Å². The van der Waals surface area contributed by atoms with Crippen LogP contribution in [-0.2, 0) is 6.42 Å². The van der Waals surface area contributed by atoms with Gasteiger partial charge in [-0.1, -0.05) is 24.3 Å². The van der Waals surface area contributed by atoms with Crippen molar-refractivity contribution in [1.29, 1.82) is 0 Å². The van der Waals surface area contributed by atoms with Gasteiger partial charge in [0.15, 0.2) is 5.82 Å². The van der Waals surface area contributed by atoms with Crippen molar-refractivity contribution in [2.75, 3.05) is 19.0 Å². The quantitative estimate of drug-likeness (QED) is 0.567. The molecule has 2 heterocycles. The molecule has 2 aromatic heterocycles. The molecule has 4 rings (SSSR count). The Bertz CT molecular complexity index is 1070. The van der Waals surface area contributed by atoms with Gasteiger partial charge in [0.1, 0.15) is 12.1 Å². The van der Waals surface area contributed by atoms with Gasteiger partial charge in [0, 0.05) is 23.7 Å². The zero-order valence-electron chi connectivity index (χ0n) is 15.0. The normalized spacial score (nSPS) is 10.7. The maximum absolute atomic E-state index is 5.39. The van der Waals surface area contributed by atoms with Crippen LogP contribution in [0.4, 0.5) is 5.95 Å². The van der Waals surface area contributed by atoms with Gasteiger partial charge in [0.25, 0.3) is 0 Å². The van der Waals surface area contributed by atoms with Gasteiger partial charge in [-0.2, -0.15) is 4.98 Å². The zero-order valence-corrected chi connectivity index (χ0v) is 15.0. The van der Waals surface area contributed by atoms with Crippen LogP contribution < -0.4 is 10.1 Å². The molecule has 1 N–H and O–H groups in total. The van der Waals surface area contributed by atoms with E-state index >= 15 is 0 Å². The number of pyridine rings is 1. The van der Waals surface area contributed by atoms with E-state index in [1.54, 1.807) is 13.3 Å². The van der Waals surface area contributed by atoms with Crippen molar-refractivity contribution >= 4 is 16.9 Å². The van der Waals surface area contributed by atoms with Crippen molar-refractivity contribution in [2.45, 2.75) is 6.42 Å². The fourth-order valence-electron chi connectivity index (χ4n) is 2.95. The number of para-hydroxylation sites is 1. The first-order valence-electron chi connectivity index (χ1n) is 8.73. The van der Waals surface area contributed by atoms with Crippen LogP contribution in [0, 0.1) is 0 Å². The molecule has 27 heavy (non-hydrogen) atoms. The molecule has 0 aliphatic rings. The SMILES string of the molecule is COc1ccccc1CCNc1ncnc(-c2ccc3ncccc3c2)n1. The van der Waals surface area contributed by atoms with E-state index in [0.717, 1.165) is 34.2 Å². The van der Waals surface area contributed by atoms with Crippen LogP contribution >= 0.6 is 0 Å². The molecular formula is C21H19N5O. The lowest BCUT2D eigenvalue weighted by atomic mass is 10.1. The fraction of sp³-hybridized carbons (Fsp3) is 0.143. The molecule has 0 unspecified atom stereocenters. The van der Waals surface area contributed by atoms with Gasteiger partial charge in [-0.15, -0.1) is 0 Å². The molecule has 0 atom stereocenters.